The van der Waals surface area contributed by atoms with Gasteiger partial charge in [-0.1, -0.05) is 37.3 Å². The van der Waals surface area contributed by atoms with Crippen LogP contribution >= 0.6 is 0 Å². The standard InChI is InChI=1S/C22H30N4O2/c1-22(12-19(23)25(2)20(27)13-22)16-9-6-10-26(14-16)21(28)24-18-11-17(18)15-7-4-3-5-8-15/h3-5,7-8,16-18,23H,6,9-14H2,1-2H3,(H,24,28)/t16?,17-,18+,22-/m0/s1. The Kier molecular flexibility index (Phi) is 4.89. The number of rotatable bonds is 3. The molecule has 2 aliphatic heterocycles. The second kappa shape index (κ2) is 7.22. The molecule has 3 fully saturated rings. The van der Waals surface area contributed by atoms with Crippen LogP contribution in [-0.2, 0) is 4.79 Å². The number of nitrogens with zero attached hydrogens (tertiary/aromatic N) is 2. The van der Waals surface area contributed by atoms with Crippen LogP contribution in [0.5, 0.6) is 0 Å². The van der Waals surface area contributed by atoms with Crippen LogP contribution in [0.15, 0.2) is 30.3 Å². The fourth-order valence-electron chi connectivity index (χ4n) is 4.87. The number of amidine groups is 1. The number of hydrogen-bond donors (Lipinski definition) is 2. The van der Waals surface area contributed by atoms with Crippen molar-refractivity contribution in [1.82, 2.24) is 15.1 Å². The van der Waals surface area contributed by atoms with E-state index in [1.807, 2.05) is 23.1 Å². The number of urea groups is 1. The molecule has 150 valence electrons. The summed E-state index contributed by atoms with van der Waals surface area (Å²) < 4.78 is 0. The monoisotopic (exact) mass is 382 g/mol. The zero-order valence-electron chi connectivity index (χ0n) is 16.8. The number of likely N-dealkylation sites (tertiary alicyclic amines) is 2. The van der Waals surface area contributed by atoms with Crippen LogP contribution in [0.4, 0.5) is 4.79 Å². The highest BCUT2D eigenvalue weighted by Crippen LogP contribution is 2.44. The van der Waals surface area contributed by atoms with Gasteiger partial charge in [0.15, 0.2) is 0 Å². The van der Waals surface area contributed by atoms with E-state index in [1.165, 1.54) is 10.5 Å². The van der Waals surface area contributed by atoms with E-state index in [0.717, 1.165) is 25.8 Å². The molecule has 3 amide bonds. The minimum absolute atomic E-state index is 0.0176. The molecule has 6 nitrogen and oxygen atoms in total. The summed E-state index contributed by atoms with van der Waals surface area (Å²) in [6.07, 6.45) is 4.04. The van der Waals surface area contributed by atoms with Gasteiger partial charge >= 0.3 is 6.03 Å². The Morgan fingerprint density at radius 2 is 2.00 bits per heavy atom. The third-order valence-electron chi connectivity index (χ3n) is 6.93. The molecule has 1 saturated carbocycles. The second-order valence-corrected chi connectivity index (χ2v) is 9.00. The van der Waals surface area contributed by atoms with Crippen LogP contribution in [0.1, 0.15) is 50.5 Å². The normalized spacial score (nSPS) is 33.0. The van der Waals surface area contributed by atoms with Gasteiger partial charge in [0.1, 0.15) is 5.84 Å². The van der Waals surface area contributed by atoms with E-state index in [4.69, 9.17) is 5.41 Å². The number of amides is 3. The van der Waals surface area contributed by atoms with Crippen molar-refractivity contribution < 1.29 is 9.59 Å². The fraction of sp³-hybridized carbons (Fsp3) is 0.591. The smallest absolute Gasteiger partial charge is 0.317 e. The molecule has 0 spiro atoms. The van der Waals surface area contributed by atoms with Crippen LogP contribution in [0.25, 0.3) is 0 Å². The first-order valence-corrected chi connectivity index (χ1v) is 10.3. The minimum Gasteiger partial charge on any atom is -0.335 e. The molecule has 28 heavy (non-hydrogen) atoms. The highest BCUT2D eigenvalue weighted by molar-refractivity contribution is 5.99. The van der Waals surface area contributed by atoms with Crippen molar-refractivity contribution in [1.29, 1.82) is 5.41 Å². The van der Waals surface area contributed by atoms with Gasteiger partial charge in [0.2, 0.25) is 5.91 Å². The van der Waals surface area contributed by atoms with Crippen LogP contribution in [0, 0.1) is 16.7 Å². The lowest BCUT2D eigenvalue weighted by Gasteiger charge is -2.46. The molecule has 0 aromatic heterocycles. The van der Waals surface area contributed by atoms with E-state index in [2.05, 4.69) is 24.4 Å². The Hall–Kier alpha value is -2.37. The van der Waals surface area contributed by atoms with Crippen LogP contribution in [-0.4, -0.2) is 53.8 Å². The van der Waals surface area contributed by atoms with Crippen LogP contribution in [0.3, 0.4) is 0 Å². The number of carbonyl (C=O) groups is 2. The summed E-state index contributed by atoms with van der Waals surface area (Å²) in [7, 11) is 1.68. The Bertz CT molecular complexity index is 760. The van der Waals surface area contributed by atoms with Gasteiger partial charge in [0.05, 0.1) is 0 Å². The summed E-state index contributed by atoms with van der Waals surface area (Å²) in [4.78, 5) is 28.5. The molecular weight excluding hydrogens is 352 g/mol. The molecule has 1 aliphatic carbocycles. The number of carbonyl (C=O) groups excluding carboxylic acids is 2. The van der Waals surface area contributed by atoms with Gasteiger partial charge in [-0.2, -0.15) is 0 Å². The van der Waals surface area contributed by atoms with E-state index < -0.39 is 0 Å². The third kappa shape index (κ3) is 3.64. The average molecular weight is 383 g/mol. The van der Waals surface area contributed by atoms with Gasteiger partial charge in [0.25, 0.3) is 0 Å². The van der Waals surface area contributed by atoms with E-state index in [9.17, 15) is 9.59 Å². The zero-order chi connectivity index (χ0) is 19.9. The Morgan fingerprint density at radius 1 is 1.25 bits per heavy atom. The second-order valence-electron chi connectivity index (χ2n) is 9.00. The topological polar surface area (TPSA) is 76.5 Å². The van der Waals surface area contributed by atoms with Crippen molar-refractivity contribution >= 4 is 17.8 Å². The Balaban J connectivity index is 1.36. The summed E-state index contributed by atoms with van der Waals surface area (Å²) in [5.74, 6) is 1.09. The molecular formula is C22H30N4O2. The SMILES string of the molecule is CN1C(=N)C[C@](C)(C2CCCN(C(=O)N[C@@H]3C[C@H]3c3ccccc3)C2)CC1=O. The Morgan fingerprint density at radius 3 is 2.71 bits per heavy atom. The molecule has 2 N–H and O–H groups in total. The highest BCUT2D eigenvalue weighted by atomic mass is 16.2. The fourth-order valence-corrected chi connectivity index (χ4v) is 4.87. The first-order valence-electron chi connectivity index (χ1n) is 10.3. The molecule has 3 aliphatic rings. The maximum absolute atomic E-state index is 12.8. The number of hydrogen-bond acceptors (Lipinski definition) is 3. The highest BCUT2D eigenvalue weighted by Gasteiger charge is 2.45. The van der Waals surface area contributed by atoms with E-state index >= 15 is 0 Å². The van der Waals surface area contributed by atoms with Crippen molar-refractivity contribution in [3.8, 4) is 0 Å². The molecule has 6 heteroatoms. The molecule has 1 aromatic rings. The summed E-state index contributed by atoms with van der Waals surface area (Å²) in [5, 5.41) is 11.4. The predicted octanol–water partition coefficient (Wildman–Crippen LogP) is 3.20. The van der Waals surface area contributed by atoms with Crippen molar-refractivity contribution in [3.63, 3.8) is 0 Å². The van der Waals surface area contributed by atoms with Crippen LogP contribution in [0.2, 0.25) is 0 Å². The quantitative estimate of drug-likeness (QED) is 0.842. The van der Waals surface area contributed by atoms with E-state index in [1.54, 1.807) is 7.05 Å². The van der Waals surface area contributed by atoms with Gasteiger partial charge < -0.3 is 15.1 Å². The first-order chi connectivity index (χ1) is 13.4. The maximum atomic E-state index is 12.8. The molecule has 4 atom stereocenters. The van der Waals surface area contributed by atoms with Crippen LogP contribution < -0.4 is 5.32 Å². The minimum atomic E-state index is -0.230. The summed E-state index contributed by atoms with van der Waals surface area (Å²) >= 11 is 0. The Labute approximate surface area is 166 Å². The molecule has 1 unspecified atom stereocenters. The molecule has 0 radical (unpaired) electrons. The number of piperidine rings is 2. The van der Waals surface area contributed by atoms with Crippen molar-refractivity contribution in [3.05, 3.63) is 35.9 Å². The lowest BCUT2D eigenvalue weighted by atomic mass is 9.67. The van der Waals surface area contributed by atoms with Crippen molar-refractivity contribution in [2.75, 3.05) is 20.1 Å². The average Bonchev–Trinajstić information content (AvgIpc) is 3.46. The molecule has 1 aromatic carbocycles. The molecule has 0 bridgehead atoms. The van der Waals surface area contributed by atoms with Gasteiger partial charge in [-0.25, -0.2) is 4.79 Å². The molecule has 4 rings (SSSR count). The van der Waals surface area contributed by atoms with E-state index in [-0.39, 0.29) is 29.3 Å². The maximum Gasteiger partial charge on any atom is 0.317 e. The van der Waals surface area contributed by atoms with Crippen molar-refractivity contribution in [2.45, 2.75) is 51.0 Å². The lowest BCUT2D eigenvalue weighted by molar-refractivity contribution is -0.131. The zero-order valence-corrected chi connectivity index (χ0v) is 16.8. The summed E-state index contributed by atoms with van der Waals surface area (Å²) in [6.45, 7) is 3.56. The first kappa shape index (κ1) is 19.0. The third-order valence-corrected chi connectivity index (χ3v) is 6.93. The summed E-state index contributed by atoms with van der Waals surface area (Å²) in [5.41, 5.74) is 1.06. The summed E-state index contributed by atoms with van der Waals surface area (Å²) in [6, 6.07) is 10.6. The molecule has 2 heterocycles. The van der Waals surface area contributed by atoms with E-state index in [0.29, 0.717) is 31.1 Å². The largest absolute Gasteiger partial charge is 0.335 e. The van der Waals surface area contributed by atoms with Gasteiger partial charge in [-0.15, -0.1) is 0 Å². The number of nitrogens with one attached hydrogen (secondary N) is 2. The lowest BCUT2D eigenvalue weighted by Crippen LogP contribution is -2.53. The molecule has 2 saturated heterocycles. The van der Waals surface area contributed by atoms with Gasteiger partial charge in [-0.3, -0.25) is 10.2 Å². The number of benzene rings is 1. The van der Waals surface area contributed by atoms with Gasteiger partial charge in [-0.05, 0) is 36.2 Å². The van der Waals surface area contributed by atoms with Gasteiger partial charge in [0, 0.05) is 44.9 Å². The van der Waals surface area contributed by atoms with Crippen molar-refractivity contribution in [2.24, 2.45) is 11.3 Å². The predicted molar refractivity (Wildman–Crippen MR) is 108 cm³/mol.